The fraction of sp³-hybridized carbons (Fsp3) is 0.278. The van der Waals surface area contributed by atoms with Crippen LogP contribution in [0.3, 0.4) is 0 Å². The zero-order chi connectivity index (χ0) is 17.7. The number of nitrogens with one attached hydrogen (secondary N) is 2. The van der Waals surface area contributed by atoms with E-state index in [2.05, 4.69) is 26.6 Å². The molecule has 128 valence electrons. The van der Waals surface area contributed by atoms with Crippen molar-refractivity contribution < 1.29 is 14.3 Å². The van der Waals surface area contributed by atoms with Gasteiger partial charge in [-0.05, 0) is 49.7 Å². The van der Waals surface area contributed by atoms with Gasteiger partial charge in [0.2, 0.25) is 0 Å². The SMILES string of the molecule is COc1ccc(C(C)(C)NC(=O)Nc2cccc(Br)c2)cc1OC. The molecule has 2 rings (SSSR count). The Labute approximate surface area is 150 Å². The Balaban J connectivity index is 2.13. The maximum Gasteiger partial charge on any atom is 0.319 e. The molecule has 0 aliphatic rings. The number of methoxy groups -OCH3 is 2. The molecule has 0 bridgehead atoms. The van der Waals surface area contributed by atoms with Crippen LogP contribution in [0.4, 0.5) is 10.5 Å². The summed E-state index contributed by atoms with van der Waals surface area (Å²) in [5, 5.41) is 5.79. The van der Waals surface area contributed by atoms with Crippen LogP contribution in [0, 0.1) is 0 Å². The van der Waals surface area contributed by atoms with Crippen molar-refractivity contribution in [3.63, 3.8) is 0 Å². The van der Waals surface area contributed by atoms with Crippen molar-refractivity contribution >= 4 is 27.6 Å². The highest BCUT2D eigenvalue weighted by atomic mass is 79.9. The van der Waals surface area contributed by atoms with E-state index in [4.69, 9.17) is 9.47 Å². The summed E-state index contributed by atoms with van der Waals surface area (Å²) in [6.45, 7) is 3.85. The third kappa shape index (κ3) is 4.41. The molecule has 24 heavy (non-hydrogen) atoms. The largest absolute Gasteiger partial charge is 0.493 e. The summed E-state index contributed by atoms with van der Waals surface area (Å²) in [4.78, 5) is 12.3. The highest BCUT2D eigenvalue weighted by molar-refractivity contribution is 9.10. The first kappa shape index (κ1) is 18.1. The minimum Gasteiger partial charge on any atom is -0.493 e. The minimum atomic E-state index is -0.588. The Morgan fingerprint density at radius 3 is 2.38 bits per heavy atom. The van der Waals surface area contributed by atoms with Gasteiger partial charge in [-0.25, -0.2) is 4.79 Å². The zero-order valence-corrected chi connectivity index (χ0v) is 15.7. The third-order valence-electron chi connectivity index (χ3n) is 3.61. The van der Waals surface area contributed by atoms with Crippen molar-refractivity contribution in [1.82, 2.24) is 5.32 Å². The Morgan fingerprint density at radius 2 is 1.75 bits per heavy atom. The van der Waals surface area contributed by atoms with E-state index in [1.54, 1.807) is 14.2 Å². The summed E-state index contributed by atoms with van der Waals surface area (Å²) in [6, 6.07) is 12.7. The van der Waals surface area contributed by atoms with Crippen LogP contribution >= 0.6 is 15.9 Å². The van der Waals surface area contributed by atoms with Gasteiger partial charge in [0.1, 0.15) is 0 Å². The van der Waals surface area contributed by atoms with Crippen LogP contribution in [0.5, 0.6) is 11.5 Å². The molecule has 0 radical (unpaired) electrons. The molecule has 0 aromatic heterocycles. The van der Waals surface area contributed by atoms with Gasteiger partial charge in [0, 0.05) is 10.2 Å². The maximum atomic E-state index is 12.3. The van der Waals surface area contributed by atoms with Crippen LogP contribution in [0.1, 0.15) is 19.4 Å². The summed E-state index contributed by atoms with van der Waals surface area (Å²) in [7, 11) is 3.17. The standard InChI is InChI=1S/C18H21BrN2O3/c1-18(2,12-8-9-15(23-3)16(10-12)24-4)21-17(22)20-14-7-5-6-13(19)11-14/h5-11H,1-4H3,(H2,20,21,22). The summed E-state index contributed by atoms with van der Waals surface area (Å²) < 4.78 is 11.5. The molecule has 2 amide bonds. The lowest BCUT2D eigenvalue weighted by atomic mass is 9.94. The summed E-state index contributed by atoms with van der Waals surface area (Å²) in [5.74, 6) is 1.27. The van der Waals surface area contributed by atoms with Crippen molar-refractivity contribution in [3.05, 3.63) is 52.5 Å². The van der Waals surface area contributed by atoms with E-state index in [9.17, 15) is 4.79 Å². The molecule has 2 aromatic carbocycles. The Kier molecular flexibility index (Phi) is 5.72. The summed E-state index contributed by atoms with van der Waals surface area (Å²) >= 11 is 3.38. The van der Waals surface area contributed by atoms with Crippen molar-refractivity contribution in [3.8, 4) is 11.5 Å². The lowest BCUT2D eigenvalue weighted by Gasteiger charge is -2.27. The second-order valence-corrected chi connectivity index (χ2v) is 6.70. The lowest BCUT2D eigenvalue weighted by Crippen LogP contribution is -2.43. The highest BCUT2D eigenvalue weighted by Crippen LogP contribution is 2.32. The number of hydrogen-bond acceptors (Lipinski definition) is 3. The van der Waals surface area contributed by atoms with Gasteiger partial charge in [-0.3, -0.25) is 0 Å². The molecule has 0 unspecified atom stereocenters. The van der Waals surface area contributed by atoms with Gasteiger partial charge < -0.3 is 20.1 Å². The number of hydrogen-bond donors (Lipinski definition) is 2. The topological polar surface area (TPSA) is 59.6 Å². The maximum absolute atomic E-state index is 12.3. The number of urea groups is 1. The van der Waals surface area contributed by atoms with Gasteiger partial charge in [0.25, 0.3) is 0 Å². The fourth-order valence-electron chi connectivity index (χ4n) is 2.31. The molecular formula is C18H21BrN2O3. The fourth-order valence-corrected chi connectivity index (χ4v) is 2.71. The minimum absolute atomic E-state index is 0.284. The zero-order valence-electron chi connectivity index (χ0n) is 14.1. The van der Waals surface area contributed by atoms with Crippen molar-refractivity contribution in [2.45, 2.75) is 19.4 Å². The summed E-state index contributed by atoms with van der Waals surface area (Å²) in [6.07, 6.45) is 0. The molecule has 0 heterocycles. The van der Waals surface area contributed by atoms with Crippen molar-refractivity contribution in [2.75, 3.05) is 19.5 Å². The van der Waals surface area contributed by atoms with E-state index in [1.807, 2.05) is 56.3 Å². The lowest BCUT2D eigenvalue weighted by molar-refractivity contribution is 0.241. The highest BCUT2D eigenvalue weighted by Gasteiger charge is 2.24. The molecule has 0 saturated carbocycles. The number of anilines is 1. The molecule has 0 saturated heterocycles. The third-order valence-corrected chi connectivity index (χ3v) is 4.11. The number of benzene rings is 2. The smallest absolute Gasteiger partial charge is 0.319 e. The van der Waals surface area contributed by atoms with Gasteiger partial charge >= 0.3 is 6.03 Å². The quantitative estimate of drug-likeness (QED) is 0.785. The Morgan fingerprint density at radius 1 is 1.04 bits per heavy atom. The molecule has 0 atom stereocenters. The van der Waals surface area contributed by atoms with Crippen LogP contribution in [0.25, 0.3) is 0 Å². The normalized spacial score (nSPS) is 10.9. The molecule has 0 spiro atoms. The predicted molar refractivity (Wildman–Crippen MR) is 98.9 cm³/mol. The number of ether oxygens (including phenoxy) is 2. The van der Waals surface area contributed by atoms with E-state index in [-0.39, 0.29) is 6.03 Å². The molecule has 2 aromatic rings. The van der Waals surface area contributed by atoms with Crippen LogP contribution in [0.2, 0.25) is 0 Å². The second kappa shape index (κ2) is 7.57. The molecule has 5 nitrogen and oxygen atoms in total. The molecule has 0 aliphatic carbocycles. The van der Waals surface area contributed by atoms with E-state index in [1.165, 1.54) is 0 Å². The molecule has 2 N–H and O–H groups in total. The van der Waals surface area contributed by atoms with Crippen LogP contribution in [-0.2, 0) is 5.54 Å². The first-order valence-electron chi connectivity index (χ1n) is 7.43. The second-order valence-electron chi connectivity index (χ2n) is 5.78. The van der Waals surface area contributed by atoms with E-state index in [0.29, 0.717) is 17.2 Å². The predicted octanol–water partition coefficient (Wildman–Crippen LogP) is 4.52. The number of carbonyl (C=O) groups is 1. The van der Waals surface area contributed by atoms with Crippen LogP contribution in [-0.4, -0.2) is 20.3 Å². The van der Waals surface area contributed by atoms with Gasteiger partial charge in [-0.1, -0.05) is 28.1 Å². The van der Waals surface area contributed by atoms with E-state index in [0.717, 1.165) is 10.0 Å². The number of halogens is 1. The average molecular weight is 393 g/mol. The summed E-state index contributed by atoms with van der Waals surface area (Å²) in [5.41, 5.74) is 1.03. The number of rotatable bonds is 5. The van der Waals surface area contributed by atoms with Crippen molar-refractivity contribution in [2.24, 2.45) is 0 Å². The molecule has 6 heteroatoms. The van der Waals surface area contributed by atoms with Gasteiger partial charge in [0.05, 0.1) is 19.8 Å². The molecule has 0 aliphatic heterocycles. The molecular weight excluding hydrogens is 372 g/mol. The number of amides is 2. The molecule has 0 fully saturated rings. The number of carbonyl (C=O) groups excluding carboxylic acids is 1. The van der Waals surface area contributed by atoms with Gasteiger partial charge in [-0.15, -0.1) is 0 Å². The Hall–Kier alpha value is -2.21. The van der Waals surface area contributed by atoms with Crippen LogP contribution < -0.4 is 20.1 Å². The first-order valence-corrected chi connectivity index (χ1v) is 8.22. The van der Waals surface area contributed by atoms with Crippen molar-refractivity contribution in [1.29, 1.82) is 0 Å². The Bertz CT molecular complexity index is 732. The van der Waals surface area contributed by atoms with Crippen LogP contribution in [0.15, 0.2) is 46.9 Å². The van der Waals surface area contributed by atoms with Gasteiger partial charge in [0.15, 0.2) is 11.5 Å². The van der Waals surface area contributed by atoms with Gasteiger partial charge in [-0.2, -0.15) is 0 Å². The van der Waals surface area contributed by atoms with E-state index >= 15 is 0 Å². The monoisotopic (exact) mass is 392 g/mol. The average Bonchev–Trinajstić information content (AvgIpc) is 2.53. The van der Waals surface area contributed by atoms with E-state index < -0.39 is 5.54 Å². The first-order chi connectivity index (χ1) is 11.4.